The Hall–Kier alpha value is -1.00. The van der Waals surface area contributed by atoms with Crippen LogP contribution in [-0.4, -0.2) is 34.0 Å². The summed E-state index contributed by atoms with van der Waals surface area (Å²) in [6, 6.07) is 0. The van der Waals surface area contributed by atoms with Gasteiger partial charge in [0, 0.05) is 17.8 Å². The summed E-state index contributed by atoms with van der Waals surface area (Å²) in [5.41, 5.74) is -0.792. The summed E-state index contributed by atoms with van der Waals surface area (Å²) in [7, 11) is 0. The highest BCUT2D eigenvalue weighted by atomic mass is 16.3. The van der Waals surface area contributed by atoms with Gasteiger partial charge in [0.05, 0.1) is 11.5 Å². The van der Waals surface area contributed by atoms with Gasteiger partial charge in [0.1, 0.15) is 11.9 Å². The van der Waals surface area contributed by atoms with E-state index in [4.69, 9.17) is 0 Å². The molecule has 5 saturated carbocycles. The van der Waals surface area contributed by atoms with Crippen molar-refractivity contribution >= 4 is 11.6 Å². The standard InChI is InChI=1S/C20H28O4/c1-10-11-9-13-19(4)7-6-14(21)18(2,3)12(19)5-8-20(13,16(10)23)17(24)15(11)22/h11-13,15-16,22-23H,1,5-9H2,2-4H3/t11-,12+,13-,15-,16-,19+,20+/m0/s1. The summed E-state index contributed by atoms with van der Waals surface area (Å²) in [6.45, 7) is 10.3. The molecule has 0 aromatic heterocycles. The zero-order chi connectivity index (χ0) is 17.7. The first kappa shape index (κ1) is 16.5. The lowest BCUT2D eigenvalue weighted by Crippen LogP contribution is -2.71. The van der Waals surface area contributed by atoms with E-state index < -0.39 is 17.6 Å². The highest BCUT2D eigenvalue weighted by molar-refractivity contribution is 5.94. The molecule has 5 rings (SSSR count). The molecule has 0 heterocycles. The van der Waals surface area contributed by atoms with Crippen LogP contribution in [0.4, 0.5) is 0 Å². The first-order valence-corrected chi connectivity index (χ1v) is 9.21. The summed E-state index contributed by atoms with van der Waals surface area (Å²) >= 11 is 0. The maximum Gasteiger partial charge on any atom is 0.171 e. The van der Waals surface area contributed by atoms with Gasteiger partial charge < -0.3 is 10.2 Å². The molecule has 0 saturated heterocycles. The number of aliphatic hydroxyl groups is 2. The third-order valence-corrected chi connectivity index (χ3v) is 8.45. The number of hydrogen-bond acceptors (Lipinski definition) is 4. The lowest BCUT2D eigenvalue weighted by Gasteiger charge is -2.68. The SMILES string of the molecule is C=C1[C@@H]2C[C@H]3[C@]4(C)CCC(=O)C(C)(C)[C@H]4CC[C@]3(C(=O)[C@H]2O)[C@H]1O. The Bertz CT molecular complexity index is 650. The molecule has 7 atom stereocenters. The fraction of sp³-hybridized carbons (Fsp3) is 0.800. The van der Waals surface area contributed by atoms with Crippen LogP contribution in [0.2, 0.25) is 0 Å². The smallest absolute Gasteiger partial charge is 0.171 e. The van der Waals surface area contributed by atoms with E-state index in [1.807, 2.05) is 13.8 Å². The number of Topliss-reactive ketones (excluding diaryl/α,β-unsaturated/α-hetero) is 2. The van der Waals surface area contributed by atoms with Crippen molar-refractivity contribution in [2.75, 3.05) is 0 Å². The van der Waals surface area contributed by atoms with Crippen molar-refractivity contribution in [3.8, 4) is 0 Å². The number of carbonyl (C=O) groups excluding carboxylic acids is 2. The minimum absolute atomic E-state index is 0.0255. The quantitative estimate of drug-likeness (QED) is 0.667. The van der Waals surface area contributed by atoms with E-state index in [0.717, 1.165) is 12.8 Å². The molecule has 5 aliphatic carbocycles. The summed E-state index contributed by atoms with van der Waals surface area (Å²) in [4.78, 5) is 25.5. The van der Waals surface area contributed by atoms with Gasteiger partial charge in [-0.25, -0.2) is 0 Å². The van der Waals surface area contributed by atoms with Crippen LogP contribution < -0.4 is 0 Å². The third kappa shape index (κ3) is 1.58. The molecular weight excluding hydrogens is 304 g/mol. The van der Waals surface area contributed by atoms with Crippen LogP contribution in [0.15, 0.2) is 12.2 Å². The molecule has 5 fully saturated rings. The maximum absolute atomic E-state index is 13.0. The predicted molar refractivity (Wildman–Crippen MR) is 89.0 cm³/mol. The highest BCUT2D eigenvalue weighted by Crippen LogP contribution is 2.70. The molecule has 0 aliphatic heterocycles. The highest BCUT2D eigenvalue weighted by Gasteiger charge is 2.72. The van der Waals surface area contributed by atoms with Gasteiger partial charge in [-0.2, -0.15) is 0 Å². The Morgan fingerprint density at radius 1 is 1.08 bits per heavy atom. The van der Waals surface area contributed by atoms with Crippen molar-refractivity contribution < 1.29 is 19.8 Å². The fourth-order valence-electron chi connectivity index (χ4n) is 7.12. The molecule has 1 spiro atoms. The largest absolute Gasteiger partial charge is 0.388 e. The van der Waals surface area contributed by atoms with Crippen molar-refractivity contribution in [3.05, 3.63) is 12.2 Å². The van der Waals surface area contributed by atoms with Gasteiger partial charge in [-0.3, -0.25) is 9.59 Å². The van der Waals surface area contributed by atoms with E-state index in [2.05, 4.69) is 13.5 Å². The zero-order valence-electron chi connectivity index (χ0n) is 14.8. The number of ketones is 2. The molecule has 0 aromatic rings. The lowest BCUT2D eigenvalue weighted by molar-refractivity contribution is -0.214. The van der Waals surface area contributed by atoms with Crippen molar-refractivity contribution in [2.24, 2.45) is 34.0 Å². The summed E-state index contributed by atoms with van der Waals surface area (Å²) in [5.74, 6) is 0.0519. The molecule has 2 bridgehead atoms. The van der Waals surface area contributed by atoms with Crippen molar-refractivity contribution in [1.29, 1.82) is 0 Å². The van der Waals surface area contributed by atoms with Crippen molar-refractivity contribution in [2.45, 2.75) is 65.1 Å². The number of rotatable bonds is 0. The van der Waals surface area contributed by atoms with Crippen LogP contribution in [0.25, 0.3) is 0 Å². The van der Waals surface area contributed by atoms with Crippen LogP contribution in [0, 0.1) is 34.0 Å². The van der Waals surface area contributed by atoms with Crippen LogP contribution >= 0.6 is 0 Å². The maximum atomic E-state index is 13.0. The second-order valence-electron chi connectivity index (χ2n) is 9.46. The number of aliphatic hydroxyl groups excluding tert-OH is 2. The zero-order valence-corrected chi connectivity index (χ0v) is 14.8. The summed E-state index contributed by atoms with van der Waals surface area (Å²) in [5, 5.41) is 21.4. The normalized spacial score (nSPS) is 52.9. The summed E-state index contributed by atoms with van der Waals surface area (Å²) in [6.07, 6.45) is 1.47. The molecule has 4 nitrogen and oxygen atoms in total. The predicted octanol–water partition coefficient (Wildman–Crippen LogP) is 2.28. The van der Waals surface area contributed by atoms with E-state index in [1.165, 1.54) is 0 Å². The van der Waals surface area contributed by atoms with E-state index in [9.17, 15) is 19.8 Å². The minimum atomic E-state index is -1.02. The molecule has 24 heavy (non-hydrogen) atoms. The Labute approximate surface area is 143 Å². The van der Waals surface area contributed by atoms with Crippen LogP contribution in [0.1, 0.15) is 52.9 Å². The monoisotopic (exact) mass is 332 g/mol. The molecule has 0 aromatic carbocycles. The first-order chi connectivity index (χ1) is 11.1. The second-order valence-corrected chi connectivity index (χ2v) is 9.46. The van der Waals surface area contributed by atoms with Crippen LogP contribution in [-0.2, 0) is 9.59 Å². The Morgan fingerprint density at radius 3 is 2.42 bits per heavy atom. The molecule has 0 unspecified atom stereocenters. The molecule has 4 heteroatoms. The van der Waals surface area contributed by atoms with Gasteiger partial charge in [0.15, 0.2) is 5.78 Å². The van der Waals surface area contributed by atoms with Gasteiger partial charge in [-0.05, 0) is 48.5 Å². The number of carbonyl (C=O) groups is 2. The first-order valence-electron chi connectivity index (χ1n) is 9.21. The molecule has 132 valence electrons. The van der Waals surface area contributed by atoms with Gasteiger partial charge in [0.2, 0.25) is 0 Å². The van der Waals surface area contributed by atoms with E-state index >= 15 is 0 Å². The molecule has 0 radical (unpaired) electrons. The molecule has 0 amide bonds. The van der Waals surface area contributed by atoms with Crippen LogP contribution in [0.3, 0.4) is 0 Å². The average Bonchev–Trinajstić information content (AvgIpc) is 2.52. The second kappa shape index (κ2) is 4.59. The van der Waals surface area contributed by atoms with Gasteiger partial charge in [-0.1, -0.05) is 27.4 Å². The average molecular weight is 332 g/mol. The van der Waals surface area contributed by atoms with Crippen LogP contribution in [0.5, 0.6) is 0 Å². The molecule has 5 aliphatic rings. The fourth-order valence-corrected chi connectivity index (χ4v) is 7.12. The van der Waals surface area contributed by atoms with Gasteiger partial charge in [0.25, 0.3) is 0 Å². The Balaban J connectivity index is 1.85. The Morgan fingerprint density at radius 2 is 1.75 bits per heavy atom. The van der Waals surface area contributed by atoms with E-state index in [1.54, 1.807) is 0 Å². The van der Waals surface area contributed by atoms with E-state index in [0.29, 0.717) is 30.6 Å². The number of fused-ring (bicyclic) bond motifs is 3. The summed E-state index contributed by atoms with van der Waals surface area (Å²) < 4.78 is 0. The molecule has 2 N–H and O–H groups in total. The van der Waals surface area contributed by atoms with Crippen molar-refractivity contribution in [1.82, 2.24) is 0 Å². The third-order valence-electron chi connectivity index (χ3n) is 8.45. The van der Waals surface area contributed by atoms with E-state index in [-0.39, 0.29) is 34.4 Å². The lowest BCUT2D eigenvalue weighted by atomic mass is 9.35. The number of hydrogen-bond donors (Lipinski definition) is 2. The van der Waals surface area contributed by atoms with Crippen molar-refractivity contribution in [3.63, 3.8) is 0 Å². The molecular formula is C20H28O4. The Kier molecular flexibility index (Phi) is 3.15. The minimum Gasteiger partial charge on any atom is -0.388 e. The van der Waals surface area contributed by atoms with Gasteiger partial charge in [-0.15, -0.1) is 0 Å². The topological polar surface area (TPSA) is 74.6 Å². The van der Waals surface area contributed by atoms with Gasteiger partial charge >= 0.3 is 0 Å².